The van der Waals surface area contributed by atoms with E-state index in [1.807, 2.05) is 11.8 Å². The van der Waals surface area contributed by atoms with Gasteiger partial charge in [-0.2, -0.15) is 0 Å². The van der Waals surface area contributed by atoms with Gasteiger partial charge >= 0.3 is 0 Å². The highest BCUT2D eigenvalue weighted by molar-refractivity contribution is 8.14. The zero-order chi connectivity index (χ0) is 9.15. The molecular formula is C9H16N2OS. The van der Waals surface area contributed by atoms with E-state index in [0.717, 1.165) is 24.1 Å². The van der Waals surface area contributed by atoms with Crippen molar-refractivity contribution < 1.29 is 4.74 Å². The minimum Gasteiger partial charge on any atom is -0.382 e. The first-order valence-corrected chi connectivity index (χ1v) is 5.78. The number of hydrogen-bond acceptors (Lipinski definition) is 4. The Morgan fingerprint density at radius 3 is 2.92 bits per heavy atom. The topological polar surface area (TPSA) is 33.6 Å². The predicted octanol–water partition coefficient (Wildman–Crippen LogP) is 1.25. The third-order valence-corrected chi connectivity index (χ3v) is 3.58. The van der Waals surface area contributed by atoms with E-state index in [0.29, 0.717) is 0 Å². The fraction of sp³-hybridized carbons (Fsp3) is 0.889. The molecule has 1 aliphatic carbocycles. The summed E-state index contributed by atoms with van der Waals surface area (Å²) >= 11 is 1.83. The standard InChI is InChI=1S/C9H16N2OS/c1-12-7-9(3-2-4-9)11-8-10-5-6-13-8/h2-7H2,1H3,(H,10,11). The van der Waals surface area contributed by atoms with Crippen LogP contribution in [0.25, 0.3) is 0 Å². The molecular weight excluding hydrogens is 184 g/mol. The molecule has 0 amide bonds. The van der Waals surface area contributed by atoms with E-state index in [2.05, 4.69) is 10.3 Å². The summed E-state index contributed by atoms with van der Waals surface area (Å²) in [7, 11) is 1.77. The molecule has 1 fully saturated rings. The van der Waals surface area contributed by atoms with E-state index in [-0.39, 0.29) is 5.54 Å². The van der Waals surface area contributed by atoms with Crippen LogP contribution >= 0.6 is 11.8 Å². The molecule has 1 heterocycles. The summed E-state index contributed by atoms with van der Waals surface area (Å²) in [6, 6.07) is 0. The van der Waals surface area contributed by atoms with E-state index in [9.17, 15) is 0 Å². The lowest BCUT2D eigenvalue weighted by molar-refractivity contribution is 0.0711. The Morgan fingerprint density at radius 2 is 2.46 bits per heavy atom. The summed E-state index contributed by atoms with van der Waals surface area (Å²) in [5.41, 5.74) is 0.213. The predicted molar refractivity (Wildman–Crippen MR) is 56.4 cm³/mol. The first-order chi connectivity index (χ1) is 6.35. The normalized spacial score (nSPS) is 25.2. The Labute approximate surface area is 83.3 Å². The highest BCUT2D eigenvalue weighted by atomic mass is 32.2. The van der Waals surface area contributed by atoms with Gasteiger partial charge < -0.3 is 10.1 Å². The number of nitrogens with one attached hydrogen (secondary N) is 1. The van der Waals surface area contributed by atoms with Crippen LogP contribution in [0.2, 0.25) is 0 Å². The molecule has 74 valence electrons. The quantitative estimate of drug-likeness (QED) is 0.744. The van der Waals surface area contributed by atoms with Crippen LogP contribution in [0.1, 0.15) is 19.3 Å². The van der Waals surface area contributed by atoms with Crippen molar-refractivity contribution in [1.29, 1.82) is 0 Å². The number of methoxy groups -OCH3 is 1. The van der Waals surface area contributed by atoms with E-state index in [1.165, 1.54) is 19.3 Å². The van der Waals surface area contributed by atoms with Crippen molar-refractivity contribution >= 4 is 16.9 Å². The fourth-order valence-electron chi connectivity index (χ4n) is 1.82. The van der Waals surface area contributed by atoms with Crippen LogP contribution in [0.15, 0.2) is 4.99 Å². The van der Waals surface area contributed by atoms with Gasteiger partial charge in [0.15, 0.2) is 5.17 Å². The van der Waals surface area contributed by atoms with E-state index < -0.39 is 0 Å². The molecule has 4 heteroatoms. The van der Waals surface area contributed by atoms with Crippen molar-refractivity contribution in [2.24, 2.45) is 4.99 Å². The summed E-state index contributed by atoms with van der Waals surface area (Å²) < 4.78 is 5.23. The number of rotatable bonds is 3. The molecule has 13 heavy (non-hydrogen) atoms. The van der Waals surface area contributed by atoms with Gasteiger partial charge in [-0.25, -0.2) is 0 Å². The van der Waals surface area contributed by atoms with Crippen LogP contribution in [0.3, 0.4) is 0 Å². The number of ether oxygens (including phenoxy) is 1. The van der Waals surface area contributed by atoms with Crippen molar-refractivity contribution in [1.82, 2.24) is 5.32 Å². The van der Waals surface area contributed by atoms with Crippen LogP contribution < -0.4 is 5.32 Å². The lowest BCUT2D eigenvalue weighted by atomic mass is 9.77. The Morgan fingerprint density at radius 1 is 1.62 bits per heavy atom. The minimum absolute atomic E-state index is 0.213. The monoisotopic (exact) mass is 200 g/mol. The molecule has 3 nitrogen and oxygen atoms in total. The molecule has 1 N–H and O–H groups in total. The lowest BCUT2D eigenvalue weighted by Crippen LogP contribution is -2.55. The third kappa shape index (κ3) is 1.99. The van der Waals surface area contributed by atoms with Crippen LogP contribution in [-0.2, 0) is 4.74 Å². The summed E-state index contributed by atoms with van der Waals surface area (Å²) in [5, 5.41) is 4.64. The Balaban J connectivity index is 1.89. The third-order valence-electron chi connectivity index (χ3n) is 2.69. The van der Waals surface area contributed by atoms with Gasteiger partial charge in [0.2, 0.25) is 0 Å². The Bertz CT molecular complexity index is 214. The van der Waals surface area contributed by atoms with Crippen LogP contribution in [0.5, 0.6) is 0 Å². The molecule has 0 atom stereocenters. The average molecular weight is 200 g/mol. The molecule has 1 aliphatic heterocycles. The van der Waals surface area contributed by atoms with Gasteiger partial charge in [0, 0.05) is 12.9 Å². The van der Waals surface area contributed by atoms with Crippen molar-refractivity contribution in [2.75, 3.05) is 26.0 Å². The minimum atomic E-state index is 0.213. The summed E-state index contributed by atoms with van der Waals surface area (Å²) in [5.74, 6) is 1.13. The largest absolute Gasteiger partial charge is 0.382 e. The maximum Gasteiger partial charge on any atom is 0.157 e. The maximum absolute atomic E-state index is 5.23. The molecule has 0 aromatic carbocycles. The van der Waals surface area contributed by atoms with Crippen molar-refractivity contribution in [2.45, 2.75) is 24.8 Å². The van der Waals surface area contributed by atoms with Crippen molar-refractivity contribution in [3.8, 4) is 0 Å². The second-order valence-corrected chi connectivity index (χ2v) is 4.81. The number of aliphatic imine (C=N–C) groups is 1. The van der Waals surface area contributed by atoms with Crippen LogP contribution in [0, 0.1) is 0 Å². The maximum atomic E-state index is 5.23. The number of hydrogen-bond donors (Lipinski definition) is 1. The highest BCUT2D eigenvalue weighted by Gasteiger charge is 2.38. The van der Waals surface area contributed by atoms with E-state index in [1.54, 1.807) is 7.11 Å². The molecule has 0 saturated heterocycles. The zero-order valence-electron chi connectivity index (χ0n) is 8.01. The second kappa shape index (κ2) is 3.88. The van der Waals surface area contributed by atoms with Gasteiger partial charge in [-0.1, -0.05) is 11.8 Å². The highest BCUT2D eigenvalue weighted by Crippen LogP contribution is 2.33. The molecule has 1 saturated carbocycles. The lowest BCUT2D eigenvalue weighted by Gasteiger charge is -2.42. The van der Waals surface area contributed by atoms with Gasteiger partial charge in [-0.05, 0) is 19.3 Å². The van der Waals surface area contributed by atoms with Crippen LogP contribution in [-0.4, -0.2) is 36.7 Å². The molecule has 0 spiro atoms. The molecule has 2 rings (SSSR count). The molecule has 0 aromatic heterocycles. The zero-order valence-corrected chi connectivity index (χ0v) is 8.82. The number of amidine groups is 1. The fourth-order valence-corrected chi connectivity index (χ4v) is 2.67. The summed E-state index contributed by atoms with van der Waals surface area (Å²) in [4.78, 5) is 4.40. The van der Waals surface area contributed by atoms with Gasteiger partial charge in [-0.15, -0.1) is 0 Å². The number of nitrogens with zero attached hydrogens (tertiary/aromatic N) is 1. The first kappa shape index (κ1) is 9.34. The smallest absolute Gasteiger partial charge is 0.157 e. The summed E-state index contributed by atoms with van der Waals surface area (Å²) in [6.07, 6.45) is 3.76. The summed E-state index contributed by atoms with van der Waals surface area (Å²) in [6.45, 7) is 1.78. The second-order valence-electron chi connectivity index (χ2n) is 3.73. The van der Waals surface area contributed by atoms with Gasteiger partial charge in [-0.3, -0.25) is 4.99 Å². The first-order valence-electron chi connectivity index (χ1n) is 4.79. The van der Waals surface area contributed by atoms with Gasteiger partial charge in [0.25, 0.3) is 0 Å². The van der Waals surface area contributed by atoms with E-state index in [4.69, 9.17) is 4.74 Å². The van der Waals surface area contributed by atoms with Gasteiger partial charge in [0.05, 0.1) is 18.7 Å². The van der Waals surface area contributed by atoms with E-state index >= 15 is 0 Å². The molecule has 0 radical (unpaired) electrons. The number of thioether (sulfide) groups is 1. The molecule has 0 bridgehead atoms. The average Bonchev–Trinajstić information content (AvgIpc) is 2.53. The molecule has 0 unspecified atom stereocenters. The SMILES string of the molecule is COCC1(NC2=NCCS2)CCC1. The van der Waals surface area contributed by atoms with Crippen molar-refractivity contribution in [3.63, 3.8) is 0 Å². The van der Waals surface area contributed by atoms with Crippen molar-refractivity contribution in [3.05, 3.63) is 0 Å². The Hall–Kier alpha value is -0.220. The Kier molecular flexibility index (Phi) is 2.79. The van der Waals surface area contributed by atoms with Gasteiger partial charge in [0.1, 0.15) is 0 Å². The van der Waals surface area contributed by atoms with Crippen LogP contribution in [0.4, 0.5) is 0 Å². The molecule has 2 aliphatic rings. The molecule has 0 aromatic rings.